The van der Waals surface area contributed by atoms with Crippen LogP contribution in [0.15, 0.2) is 5.70 Å². The second-order valence-corrected chi connectivity index (χ2v) is 0.875. The maximum Gasteiger partial charge on any atom is 0.0832 e. The molecule has 1 aliphatic heterocycles. The maximum absolute atomic E-state index is 2.76. The molecule has 4 heavy (non-hydrogen) atoms. The molecule has 0 saturated carbocycles. The van der Waals surface area contributed by atoms with Gasteiger partial charge in [0.1, 0.15) is 0 Å². The molecule has 1 rings (SSSR count). The first-order chi connectivity index (χ1) is 1.89. The fourth-order valence-electron chi connectivity index (χ4n) is 0.0625. The number of hydrogen-bond donors (Lipinski definition) is 1. The molecule has 0 spiro atoms. The topological polar surface area (TPSA) is 21.9 Å². The van der Waals surface area contributed by atoms with Crippen molar-refractivity contribution in [3.63, 3.8) is 0 Å². The Kier molecular flexibility index (Phi) is 0.133. The van der Waals surface area contributed by atoms with Crippen molar-refractivity contribution < 1.29 is 0 Å². The van der Waals surface area contributed by atoms with Crippen LogP contribution in [-0.2, 0) is 0 Å². The van der Waals surface area contributed by atoms with Gasteiger partial charge in [-0.2, -0.15) is 0 Å². The Bertz CT molecular complexity index is 54.3. The van der Waals surface area contributed by atoms with Crippen molar-refractivity contribution in [3.8, 4) is 0 Å². The minimum atomic E-state index is 1.17. The molecule has 0 aromatic heterocycles. The summed E-state index contributed by atoms with van der Waals surface area (Å²) in [5.74, 6) is 0. The summed E-state index contributed by atoms with van der Waals surface area (Å²) in [4.78, 5) is 0. The third-order valence-corrected chi connectivity index (χ3v) is 0.375. The Morgan fingerprint density at radius 3 is 2.25 bits per heavy atom. The Hall–Kier alpha value is -0.460. The van der Waals surface area contributed by atoms with E-state index in [4.69, 9.17) is 0 Å². The van der Waals surface area contributed by atoms with Gasteiger partial charge in [-0.05, 0) is 6.92 Å². The van der Waals surface area contributed by atoms with Gasteiger partial charge in [-0.15, -0.1) is 0 Å². The molecule has 1 aliphatic rings. The van der Waals surface area contributed by atoms with Crippen LogP contribution in [0.1, 0.15) is 6.92 Å². The van der Waals surface area contributed by atoms with E-state index in [-0.39, 0.29) is 0 Å². The fraction of sp³-hybridized carbons (Fsp3) is 0.333. The van der Waals surface area contributed by atoms with E-state index in [2.05, 4.69) is 11.5 Å². The zero-order chi connectivity index (χ0) is 2.99. The van der Waals surface area contributed by atoms with Crippen LogP contribution < -0.4 is 5.32 Å². The van der Waals surface area contributed by atoms with Gasteiger partial charge in [0.25, 0.3) is 0 Å². The second kappa shape index (κ2) is 0.292. The third kappa shape index (κ3) is 0.0696. The largest absolute Gasteiger partial charge is 0.354 e. The normalized spacial score (nSPS) is 17.8. The van der Waals surface area contributed by atoms with Crippen molar-refractivity contribution in [1.82, 2.24) is 5.32 Å². The average molecular weight is 54.1 g/mol. The van der Waals surface area contributed by atoms with E-state index in [1.807, 2.05) is 6.92 Å². The SMILES string of the molecule is CC1=[C]N1. The summed E-state index contributed by atoms with van der Waals surface area (Å²) in [5.41, 5.74) is 1.17. The van der Waals surface area contributed by atoms with Crippen LogP contribution in [0.5, 0.6) is 0 Å². The Labute approximate surface area is 25.3 Å². The molecule has 0 fully saturated rings. The number of allylic oxidation sites excluding steroid dienone is 1. The number of rotatable bonds is 0. The molecule has 0 atom stereocenters. The van der Waals surface area contributed by atoms with Crippen molar-refractivity contribution in [2.45, 2.75) is 6.92 Å². The molecular weight excluding hydrogens is 50.0 g/mol. The summed E-state index contributed by atoms with van der Waals surface area (Å²) >= 11 is 0. The van der Waals surface area contributed by atoms with Crippen LogP contribution in [-0.4, -0.2) is 0 Å². The minimum Gasteiger partial charge on any atom is -0.354 e. The van der Waals surface area contributed by atoms with Crippen molar-refractivity contribution in [3.05, 3.63) is 11.9 Å². The lowest BCUT2D eigenvalue weighted by atomic mass is 10.7. The van der Waals surface area contributed by atoms with Gasteiger partial charge in [0.05, 0.1) is 6.20 Å². The van der Waals surface area contributed by atoms with Crippen molar-refractivity contribution >= 4 is 0 Å². The highest BCUT2D eigenvalue weighted by atomic mass is 15.0. The van der Waals surface area contributed by atoms with E-state index >= 15 is 0 Å². The van der Waals surface area contributed by atoms with Crippen LogP contribution >= 0.6 is 0 Å². The minimum absolute atomic E-state index is 1.17. The summed E-state index contributed by atoms with van der Waals surface area (Å²) in [6.45, 7) is 1.97. The fourth-order valence-corrected chi connectivity index (χ4v) is 0.0625. The highest BCUT2D eigenvalue weighted by Gasteiger charge is 1.93. The van der Waals surface area contributed by atoms with Crippen LogP contribution in [0.25, 0.3) is 0 Å². The summed E-state index contributed by atoms with van der Waals surface area (Å²) in [6, 6.07) is 0. The predicted molar refractivity (Wildman–Crippen MR) is 15.6 cm³/mol. The van der Waals surface area contributed by atoms with Crippen molar-refractivity contribution in [2.24, 2.45) is 0 Å². The van der Waals surface area contributed by atoms with E-state index in [1.165, 1.54) is 5.70 Å². The smallest absolute Gasteiger partial charge is 0.0832 e. The summed E-state index contributed by atoms with van der Waals surface area (Å²) in [7, 11) is 0. The van der Waals surface area contributed by atoms with Gasteiger partial charge in [0.2, 0.25) is 0 Å². The van der Waals surface area contributed by atoms with Crippen LogP contribution in [0, 0.1) is 6.20 Å². The molecule has 1 heterocycles. The predicted octanol–water partition coefficient (Wildman–Crippen LogP) is 0.254. The molecule has 1 nitrogen and oxygen atoms in total. The molecule has 0 bridgehead atoms. The van der Waals surface area contributed by atoms with Gasteiger partial charge in [-0.3, -0.25) is 0 Å². The molecule has 0 aromatic carbocycles. The van der Waals surface area contributed by atoms with E-state index < -0.39 is 0 Å². The van der Waals surface area contributed by atoms with E-state index in [0.717, 1.165) is 0 Å². The molecule has 0 amide bonds. The Morgan fingerprint density at radius 1 is 2.00 bits per heavy atom. The zero-order valence-corrected chi connectivity index (χ0v) is 2.50. The van der Waals surface area contributed by atoms with Gasteiger partial charge >= 0.3 is 0 Å². The lowest BCUT2D eigenvalue weighted by Crippen LogP contribution is -1.65. The summed E-state index contributed by atoms with van der Waals surface area (Å²) in [5, 5.41) is 2.76. The molecule has 1 radical (unpaired) electrons. The molecular formula is C3H4N. The Morgan fingerprint density at radius 2 is 2.25 bits per heavy atom. The van der Waals surface area contributed by atoms with Crippen molar-refractivity contribution in [1.29, 1.82) is 0 Å². The summed E-state index contributed by atoms with van der Waals surface area (Å²) < 4.78 is 0. The summed E-state index contributed by atoms with van der Waals surface area (Å²) in [6.07, 6.45) is 2.76. The first-order valence-corrected chi connectivity index (χ1v) is 1.25. The van der Waals surface area contributed by atoms with Gasteiger partial charge in [-0.25, -0.2) is 0 Å². The quantitative estimate of drug-likeness (QED) is 0.421. The van der Waals surface area contributed by atoms with Crippen LogP contribution in [0.2, 0.25) is 0 Å². The molecule has 1 N–H and O–H groups in total. The standard InChI is InChI=1S/C3H4N/c1-3-2-4-3/h4H,1H3. The van der Waals surface area contributed by atoms with E-state index in [1.54, 1.807) is 0 Å². The molecule has 0 aromatic rings. The van der Waals surface area contributed by atoms with Gasteiger partial charge in [-0.1, -0.05) is 0 Å². The number of hydrogen-bond acceptors (Lipinski definition) is 1. The first-order valence-electron chi connectivity index (χ1n) is 1.25. The van der Waals surface area contributed by atoms with E-state index in [9.17, 15) is 0 Å². The molecule has 0 aliphatic carbocycles. The maximum atomic E-state index is 2.76. The molecule has 1 heteroatoms. The number of nitrogens with one attached hydrogen (secondary N) is 1. The van der Waals surface area contributed by atoms with Gasteiger partial charge in [0.15, 0.2) is 0 Å². The van der Waals surface area contributed by atoms with Crippen molar-refractivity contribution in [2.75, 3.05) is 0 Å². The average Bonchev–Trinajstić information content (AvgIpc) is 1.75. The molecule has 21 valence electrons. The van der Waals surface area contributed by atoms with Gasteiger partial charge in [0, 0.05) is 5.70 Å². The highest BCUT2D eigenvalue weighted by Crippen LogP contribution is 1.92. The Balaban J connectivity index is 2.54. The van der Waals surface area contributed by atoms with E-state index in [0.29, 0.717) is 0 Å². The third-order valence-electron chi connectivity index (χ3n) is 0.375. The van der Waals surface area contributed by atoms with Crippen LogP contribution in [0.4, 0.5) is 0 Å². The van der Waals surface area contributed by atoms with Crippen LogP contribution in [0.3, 0.4) is 0 Å². The lowest BCUT2D eigenvalue weighted by molar-refractivity contribution is 1.30. The lowest BCUT2D eigenvalue weighted by Gasteiger charge is -1.52. The van der Waals surface area contributed by atoms with Gasteiger partial charge < -0.3 is 5.32 Å². The monoisotopic (exact) mass is 54.0 g/mol. The molecule has 0 unspecified atom stereocenters. The molecule has 0 saturated heterocycles. The first kappa shape index (κ1) is 1.82. The zero-order valence-electron chi connectivity index (χ0n) is 2.50. The highest BCUT2D eigenvalue weighted by molar-refractivity contribution is 5.03. The second-order valence-electron chi connectivity index (χ2n) is 0.875.